The standard InChI is InChI=1S/C18H28N6S.HI/c1-4-19-18(23(3)12-16-13-25-14(2)21-16)20-11-15-9-10-24(22-15)17-7-5-6-8-17;/h9-10,13,17H,4-8,11-12H2,1-3H3,(H,19,20);1H. The number of nitrogens with zero attached hydrogens (tertiary/aromatic N) is 5. The molecule has 1 saturated carbocycles. The maximum atomic E-state index is 4.76. The summed E-state index contributed by atoms with van der Waals surface area (Å²) in [6.07, 6.45) is 7.26. The van der Waals surface area contributed by atoms with Crippen molar-refractivity contribution < 1.29 is 0 Å². The molecule has 3 rings (SSSR count). The monoisotopic (exact) mass is 488 g/mol. The van der Waals surface area contributed by atoms with Crippen LogP contribution in [0.5, 0.6) is 0 Å². The van der Waals surface area contributed by atoms with Crippen molar-refractivity contribution in [1.29, 1.82) is 0 Å². The van der Waals surface area contributed by atoms with E-state index in [4.69, 9.17) is 10.1 Å². The van der Waals surface area contributed by atoms with Gasteiger partial charge in [-0.25, -0.2) is 9.98 Å². The Balaban J connectivity index is 0.00000243. The highest BCUT2D eigenvalue weighted by atomic mass is 127. The molecule has 2 aromatic rings. The minimum absolute atomic E-state index is 0. The number of guanidine groups is 1. The summed E-state index contributed by atoms with van der Waals surface area (Å²) < 4.78 is 2.13. The predicted molar refractivity (Wildman–Crippen MR) is 118 cm³/mol. The minimum atomic E-state index is 0. The second-order valence-electron chi connectivity index (χ2n) is 6.61. The van der Waals surface area contributed by atoms with Crippen LogP contribution in [0.3, 0.4) is 0 Å². The van der Waals surface area contributed by atoms with Gasteiger partial charge in [0, 0.05) is 25.2 Å². The quantitative estimate of drug-likeness (QED) is 0.380. The number of hydrogen-bond donors (Lipinski definition) is 1. The molecule has 0 aliphatic heterocycles. The Bertz CT molecular complexity index is 704. The molecule has 1 N–H and O–H groups in total. The van der Waals surface area contributed by atoms with Gasteiger partial charge in [-0.05, 0) is 32.8 Å². The highest BCUT2D eigenvalue weighted by Crippen LogP contribution is 2.28. The van der Waals surface area contributed by atoms with Crippen molar-refractivity contribution in [3.05, 3.63) is 34.0 Å². The average molecular weight is 488 g/mol. The van der Waals surface area contributed by atoms with Crippen LogP contribution in [-0.4, -0.2) is 39.2 Å². The average Bonchev–Trinajstić information content (AvgIpc) is 3.33. The molecule has 0 unspecified atom stereocenters. The minimum Gasteiger partial charge on any atom is -0.357 e. The first-order valence-electron chi connectivity index (χ1n) is 9.10. The van der Waals surface area contributed by atoms with Crippen LogP contribution in [0, 0.1) is 6.92 Å². The highest BCUT2D eigenvalue weighted by Gasteiger charge is 2.17. The molecule has 0 atom stereocenters. The number of rotatable bonds is 6. The van der Waals surface area contributed by atoms with Crippen molar-refractivity contribution in [2.75, 3.05) is 13.6 Å². The molecule has 0 amide bonds. The molecule has 0 saturated heterocycles. The molecule has 26 heavy (non-hydrogen) atoms. The zero-order valence-corrected chi connectivity index (χ0v) is 19.0. The van der Waals surface area contributed by atoms with Crippen molar-refractivity contribution in [1.82, 2.24) is 25.0 Å². The van der Waals surface area contributed by atoms with Crippen molar-refractivity contribution in [2.45, 2.75) is 58.7 Å². The lowest BCUT2D eigenvalue weighted by Crippen LogP contribution is -2.38. The van der Waals surface area contributed by atoms with Gasteiger partial charge in [-0.15, -0.1) is 35.3 Å². The van der Waals surface area contributed by atoms with Crippen molar-refractivity contribution in [3.63, 3.8) is 0 Å². The predicted octanol–water partition coefficient (Wildman–Crippen LogP) is 3.98. The Morgan fingerprint density at radius 2 is 2.15 bits per heavy atom. The lowest BCUT2D eigenvalue weighted by Gasteiger charge is -2.21. The first-order valence-corrected chi connectivity index (χ1v) is 9.98. The molecule has 1 aliphatic rings. The fourth-order valence-corrected chi connectivity index (χ4v) is 3.86. The number of aromatic nitrogens is 3. The molecule has 0 bridgehead atoms. The Morgan fingerprint density at radius 3 is 2.81 bits per heavy atom. The number of aliphatic imine (C=N–C) groups is 1. The second-order valence-corrected chi connectivity index (χ2v) is 7.67. The van der Waals surface area contributed by atoms with Crippen LogP contribution in [0.4, 0.5) is 0 Å². The van der Waals surface area contributed by atoms with Crippen molar-refractivity contribution in [2.24, 2.45) is 4.99 Å². The summed E-state index contributed by atoms with van der Waals surface area (Å²) in [5, 5.41) is 11.3. The molecule has 8 heteroatoms. The summed E-state index contributed by atoms with van der Waals surface area (Å²) in [6.45, 7) is 6.32. The number of thiazole rings is 1. The van der Waals surface area contributed by atoms with Gasteiger partial charge < -0.3 is 10.2 Å². The van der Waals surface area contributed by atoms with E-state index in [0.29, 0.717) is 12.6 Å². The first kappa shape index (κ1) is 21.1. The molecule has 2 heterocycles. The fraction of sp³-hybridized carbons (Fsp3) is 0.611. The van der Waals surface area contributed by atoms with Crippen LogP contribution >= 0.6 is 35.3 Å². The lowest BCUT2D eigenvalue weighted by molar-refractivity contribution is 0.460. The number of nitrogens with one attached hydrogen (secondary N) is 1. The molecule has 1 aliphatic carbocycles. The smallest absolute Gasteiger partial charge is 0.194 e. The summed E-state index contributed by atoms with van der Waals surface area (Å²) in [7, 11) is 2.05. The number of aryl methyl sites for hydroxylation is 1. The maximum absolute atomic E-state index is 4.76. The van der Waals surface area contributed by atoms with Gasteiger partial charge in [0.2, 0.25) is 0 Å². The first-order chi connectivity index (χ1) is 12.2. The third-order valence-corrected chi connectivity index (χ3v) is 5.34. The molecule has 0 aromatic carbocycles. The third-order valence-electron chi connectivity index (χ3n) is 4.52. The van der Waals surface area contributed by atoms with E-state index in [-0.39, 0.29) is 24.0 Å². The number of halogens is 1. The Morgan fingerprint density at radius 1 is 1.38 bits per heavy atom. The van der Waals surface area contributed by atoms with E-state index in [2.05, 4.69) is 44.4 Å². The fourth-order valence-electron chi connectivity index (χ4n) is 3.26. The normalized spacial score (nSPS) is 15.1. The van der Waals surface area contributed by atoms with E-state index in [1.54, 1.807) is 11.3 Å². The van der Waals surface area contributed by atoms with Crippen molar-refractivity contribution >= 4 is 41.3 Å². The molecule has 0 radical (unpaired) electrons. The van der Waals surface area contributed by atoms with E-state index in [1.165, 1.54) is 25.7 Å². The van der Waals surface area contributed by atoms with Gasteiger partial charge in [0.05, 0.1) is 35.5 Å². The van der Waals surface area contributed by atoms with Crippen LogP contribution in [-0.2, 0) is 13.1 Å². The van der Waals surface area contributed by atoms with Gasteiger partial charge in [-0.3, -0.25) is 4.68 Å². The summed E-state index contributed by atoms with van der Waals surface area (Å²) >= 11 is 1.69. The second kappa shape index (κ2) is 10.2. The van der Waals surface area contributed by atoms with Crippen LogP contribution in [0.25, 0.3) is 0 Å². The summed E-state index contributed by atoms with van der Waals surface area (Å²) in [5.74, 6) is 0.892. The molecule has 1 fully saturated rings. The Kier molecular flexibility index (Phi) is 8.33. The topological polar surface area (TPSA) is 58.3 Å². The van der Waals surface area contributed by atoms with Gasteiger partial charge >= 0.3 is 0 Å². The van der Waals surface area contributed by atoms with E-state index in [0.717, 1.165) is 35.4 Å². The molecule has 144 valence electrons. The molecular formula is C18H29IN6S. The van der Waals surface area contributed by atoms with E-state index in [1.807, 2.05) is 14.0 Å². The van der Waals surface area contributed by atoms with Crippen molar-refractivity contribution in [3.8, 4) is 0 Å². The largest absolute Gasteiger partial charge is 0.357 e. The van der Waals surface area contributed by atoms with Crippen LogP contribution in [0.15, 0.2) is 22.6 Å². The Hall–Kier alpha value is -1.16. The highest BCUT2D eigenvalue weighted by molar-refractivity contribution is 14.0. The molecule has 6 nitrogen and oxygen atoms in total. The Labute approximate surface area is 177 Å². The van der Waals surface area contributed by atoms with Gasteiger partial charge in [-0.1, -0.05) is 12.8 Å². The third kappa shape index (κ3) is 5.67. The van der Waals surface area contributed by atoms with E-state index < -0.39 is 0 Å². The van der Waals surface area contributed by atoms with Crippen LogP contribution in [0.1, 0.15) is 55.0 Å². The van der Waals surface area contributed by atoms with Gasteiger partial charge in [0.1, 0.15) is 0 Å². The summed E-state index contributed by atoms with van der Waals surface area (Å²) in [5.41, 5.74) is 2.11. The SMILES string of the molecule is CCNC(=NCc1ccn(C2CCCC2)n1)N(C)Cc1csc(C)n1.I. The van der Waals surface area contributed by atoms with Crippen LogP contribution < -0.4 is 5.32 Å². The van der Waals surface area contributed by atoms with E-state index in [9.17, 15) is 0 Å². The zero-order chi connectivity index (χ0) is 17.6. The van der Waals surface area contributed by atoms with E-state index >= 15 is 0 Å². The van der Waals surface area contributed by atoms with Gasteiger partial charge in [0.15, 0.2) is 5.96 Å². The molecule has 2 aromatic heterocycles. The summed E-state index contributed by atoms with van der Waals surface area (Å²) in [6, 6.07) is 2.68. The molecule has 0 spiro atoms. The maximum Gasteiger partial charge on any atom is 0.194 e. The van der Waals surface area contributed by atoms with Crippen LogP contribution in [0.2, 0.25) is 0 Å². The van der Waals surface area contributed by atoms with Gasteiger partial charge in [-0.2, -0.15) is 5.10 Å². The molecular weight excluding hydrogens is 459 g/mol. The van der Waals surface area contributed by atoms with Gasteiger partial charge in [0.25, 0.3) is 0 Å². The zero-order valence-electron chi connectivity index (χ0n) is 15.8. The summed E-state index contributed by atoms with van der Waals surface area (Å²) in [4.78, 5) is 11.4. The number of hydrogen-bond acceptors (Lipinski definition) is 4. The lowest BCUT2D eigenvalue weighted by atomic mass is 10.3.